The summed E-state index contributed by atoms with van der Waals surface area (Å²) in [5.41, 5.74) is -0.0522. The number of hydrogen-bond acceptors (Lipinski definition) is 3. The predicted molar refractivity (Wildman–Crippen MR) is 65.6 cm³/mol. The maximum absolute atomic E-state index is 11.2. The van der Waals surface area contributed by atoms with E-state index in [4.69, 9.17) is 4.74 Å². The molecular formula is C13H25NO2. The Hall–Kier alpha value is -0.410. The number of ether oxygens (including phenoxy) is 1. The van der Waals surface area contributed by atoms with E-state index in [1.165, 1.54) is 12.8 Å². The first kappa shape index (κ1) is 13.7. The van der Waals surface area contributed by atoms with Crippen LogP contribution < -0.4 is 0 Å². The molecule has 0 aromatic rings. The van der Waals surface area contributed by atoms with Crippen LogP contribution in [0.4, 0.5) is 0 Å². The Morgan fingerprint density at radius 3 is 2.75 bits per heavy atom. The molecule has 0 amide bonds. The van der Waals surface area contributed by atoms with E-state index in [-0.39, 0.29) is 5.60 Å². The molecule has 1 saturated heterocycles. The van der Waals surface area contributed by atoms with E-state index in [1.807, 2.05) is 0 Å². The minimum atomic E-state index is -0.0522. The Kier molecular flexibility index (Phi) is 4.93. The van der Waals surface area contributed by atoms with Crippen molar-refractivity contribution in [2.75, 3.05) is 20.2 Å². The molecule has 0 spiro atoms. The second kappa shape index (κ2) is 5.78. The first-order valence-electron chi connectivity index (χ1n) is 6.23. The lowest BCUT2D eigenvalue weighted by molar-refractivity contribution is -0.118. The van der Waals surface area contributed by atoms with Crippen molar-refractivity contribution in [3.63, 3.8) is 0 Å². The lowest BCUT2D eigenvalue weighted by Crippen LogP contribution is -2.36. The molecular weight excluding hydrogens is 202 g/mol. The number of Topliss-reactive ketones (excluding diaryl/α,β-unsaturated/α-hetero) is 1. The maximum Gasteiger partial charge on any atom is 0.131 e. The van der Waals surface area contributed by atoms with Crippen LogP contribution in [0.1, 0.15) is 46.5 Å². The molecule has 94 valence electrons. The van der Waals surface area contributed by atoms with Crippen molar-refractivity contribution in [2.24, 2.45) is 0 Å². The van der Waals surface area contributed by atoms with Crippen LogP contribution in [0.25, 0.3) is 0 Å². The Balaban J connectivity index is 2.38. The van der Waals surface area contributed by atoms with Crippen molar-refractivity contribution >= 4 is 5.78 Å². The Bertz CT molecular complexity index is 238. The van der Waals surface area contributed by atoms with Gasteiger partial charge in [-0.25, -0.2) is 0 Å². The number of methoxy groups -OCH3 is 1. The van der Waals surface area contributed by atoms with Gasteiger partial charge in [0.05, 0.1) is 5.60 Å². The minimum Gasteiger partial charge on any atom is -0.379 e. The number of nitrogens with zero attached hydrogens (tertiary/aromatic N) is 1. The lowest BCUT2D eigenvalue weighted by atomic mass is 10.0. The number of carbonyl (C=O) groups excluding carboxylic acids is 1. The topological polar surface area (TPSA) is 29.5 Å². The SMILES string of the molecule is COC(C)(C)CCN1CCCC1CC(C)=O. The van der Waals surface area contributed by atoms with Gasteiger partial charge in [0.25, 0.3) is 0 Å². The van der Waals surface area contributed by atoms with Gasteiger partial charge < -0.3 is 4.74 Å². The fourth-order valence-corrected chi connectivity index (χ4v) is 2.27. The fraction of sp³-hybridized carbons (Fsp3) is 0.923. The summed E-state index contributed by atoms with van der Waals surface area (Å²) in [4.78, 5) is 13.6. The predicted octanol–water partition coefficient (Wildman–Crippen LogP) is 2.25. The van der Waals surface area contributed by atoms with Crippen molar-refractivity contribution in [3.8, 4) is 0 Å². The number of carbonyl (C=O) groups is 1. The largest absolute Gasteiger partial charge is 0.379 e. The lowest BCUT2D eigenvalue weighted by Gasteiger charge is -2.29. The molecule has 0 aliphatic carbocycles. The summed E-state index contributed by atoms with van der Waals surface area (Å²) < 4.78 is 5.42. The van der Waals surface area contributed by atoms with Crippen LogP contribution in [0.15, 0.2) is 0 Å². The number of hydrogen-bond donors (Lipinski definition) is 0. The van der Waals surface area contributed by atoms with Gasteiger partial charge in [0, 0.05) is 26.1 Å². The first-order valence-corrected chi connectivity index (χ1v) is 6.23. The highest BCUT2D eigenvalue weighted by molar-refractivity contribution is 5.76. The highest BCUT2D eigenvalue weighted by atomic mass is 16.5. The Labute approximate surface area is 99.1 Å². The fourth-order valence-electron chi connectivity index (χ4n) is 2.27. The van der Waals surface area contributed by atoms with Crippen molar-refractivity contribution in [1.29, 1.82) is 0 Å². The van der Waals surface area contributed by atoms with Gasteiger partial charge >= 0.3 is 0 Å². The standard InChI is InChI=1S/C13H25NO2/c1-11(15)10-12-6-5-8-14(12)9-7-13(2,3)16-4/h12H,5-10H2,1-4H3. The molecule has 1 atom stereocenters. The third kappa shape index (κ3) is 4.22. The van der Waals surface area contributed by atoms with Crippen molar-refractivity contribution < 1.29 is 9.53 Å². The van der Waals surface area contributed by atoms with Gasteiger partial charge in [-0.15, -0.1) is 0 Å². The van der Waals surface area contributed by atoms with Crippen LogP contribution in [-0.2, 0) is 9.53 Å². The van der Waals surface area contributed by atoms with Crippen molar-refractivity contribution in [1.82, 2.24) is 4.90 Å². The second-order valence-electron chi connectivity index (χ2n) is 5.45. The van der Waals surface area contributed by atoms with E-state index in [0.29, 0.717) is 18.2 Å². The summed E-state index contributed by atoms with van der Waals surface area (Å²) in [7, 11) is 1.76. The molecule has 1 fully saturated rings. The van der Waals surface area contributed by atoms with E-state index in [0.717, 1.165) is 19.5 Å². The van der Waals surface area contributed by atoms with E-state index < -0.39 is 0 Å². The molecule has 3 nitrogen and oxygen atoms in total. The van der Waals surface area contributed by atoms with Crippen LogP contribution in [-0.4, -0.2) is 42.5 Å². The number of rotatable bonds is 6. The number of ketones is 1. The summed E-state index contributed by atoms with van der Waals surface area (Å²) in [6, 6.07) is 0.477. The second-order valence-corrected chi connectivity index (χ2v) is 5.45. The summed E-state index contributed by atoms with van der Waals surface area (Å²) in [6.45, 7) is 8.10. The van der Waals surface area contributed by atoms with E-state index in [2.05, 4.69) is 18.7 Å². The Morgan fingerprint density at radius 1 is 1.50 bits per heavy atom. The monoisotopic (exact) mass is 227 g/mol. The van der Waals surface area contributed by atoms with Gasteiger partial charge in [0.15, 0.2) is 0 Å². The zero-order valence-electron chi connectivity index (χ0n) is 11.1. The first-order chi connectivity index (χ1) is 7.44. The van der Waals surface area contributed by atoms with Crippen LogP contribution >= 0.6 is 0 Å². The van der Waals surface area contributed by atoms with Crippen LogP contribution in [0.3, 0.4) is 0 Å². The van der Waals surface area contributed by atoms with Gasteiger partial charge in [-0.2, -0.15) is 0 Å². The van der Waals surface area contributed by atoms with Gasteiger partial charge in [0.1, 0.15) is 5.78 Å². The van der Waals surface area contributed by atoms with Crippen LogP contribution in [0, 0.1) is 0 Å². The van der Waals surface area contributed by atoms with Crippen molar-refractivity contribution in [2.45, 2.75) is 58.1 Å². The summed E-state index contributed by atoms with van der Waals surface area (Å²) in [5, 5.41) is 0. The third-order valence-electron chi connectivity index (χ3n) is 3.58. The molecule has 0 radical (unpaired) electrons. The highest BCUT2D eigenvalue weighted by Gasteiger charge is 2.27. The average molecular weight is 227 g/mol. The molecule has 0 aromatic heterocycles. The Morgan fingerprint density at radius 2 is 2.19 bits per heavy atom. The van der Waals surface area contributed by atoms with Gasteiger partial charge in [-0.1, -0.05) is 0 Å². The van der Waals surface area contributed by atoms with E-state index >= 15 is 0 Å². The average Bonchev–Trinajstić information content (AvgIpc) is 2.62. The summed E-state index contributed by atoms with van der Waals surface area (Å²) >= 11 is 0. The molecule has 16 heavy (non-hydrogen) atoms. The molecule has 1 heterocycles. The number of likely N-dealkylation sites (tertiary alicyclic amines) is 1. The normalized spacial score (nSPS) is 22.6. The minimum absolute atomic E-state index is 0.0522. The molecule has 1 aliphatic rings. The molecule has 1 aliphatic heterocycles. The van der Waals surface area contributed by atoms with Gasteiger partial charge in [-0.05, 0) is 46.6 Å². The van der Waals surface area contributed by atoms with Crippen LogP contribution in [0.5, 0.6) is 0 Å². The smallest absolute Gasteiger partial charge is 0.131 e. The molecule has 0 aromatic carbocycles. The molecule has 1 unspecified atom stereocenters. The maximum atomic E-state index is 11.2. The molecule has 1 rings (SSSR count). The van der Waals surface area contributed by atoms with Crippen LogP contribution in [0.2, 0.25) is 0 Å². The highest BCUT2D eigenvalue weighted by Crippen LogP contribution is 2.23. The summed E-state index contributed by atoms with van der Waals surface area (Å²) in [5.74, 6) is 0.308. The summed E-state index contributed by atoms with van der Waals surface area (Å²) in [6.07, 6.45) is 4.14. The zero-order chi connectivity index (χ0) is 12.2. The van der Waals surface area contributed by atoms with Gasteiger partial charge in [0.2, 0.25) is 0 Å². The van der Waals surface area contributed by atoms with Crippen molar-refractivity contribution in [3.05, 3.63) is 0 Å². The van der Waals surface area contributed by atoms with E-state index in [9.17, 15) is 4.79 Å². The molecule has 0 saturated carbocycles. The molecule has 0 N–H and O–H groups in total. The quantitative estimate of drug-likeness (QED) is 0.697. The third-order valence-corrected chi connectivity index (χ3v) is 3.58. The molecule has 3 heteroatoms. The van der Waals surface area contributed by atoms with E-state index in [1.54, 1.807) is 14.0 Å². The zero-order valence-corrected chi connectivity index (χ0v) is 11.1. The molecule has 0 bridgehead atoms. The van der Waals surface area contributed by atoms with Gasteiger partial charge in [-0.3, -0.25) is 9.69 Å².